The Balaban J connectivity index is 3.28. The van der Waals surface area contributed by atoms with E-state index < -0.39 is 5.97 Å². The van der Waals surface area contributed by atoms with Crippen LogP contribution in [0, 0.1) is 0 Å². The van der Waals surface area contributed by atoms with E-state index in [-0.39, 0.29) is 6.42 Å². The molecule has 9 heavy (non-hydrogen) atoms. The van der Waals surface area contributed by atoms with Crippen LogP contribution in [0.4, 0.5) is 0 Å². The summed E-state index contributed by atoms with van der Waals surface area (Å²) in [6.07, 6.45) is 3.96. The van der Waals surface area contributed by atoms with E-state index in [0.29, 0.717) is 6.42 Å². The summed E-state index contributed by atoms with van der Waals surface area (Å²) < 4.78 is 0. The van der Waals surface area contributed by atoms with E-state index >= 15 is 0 Å². The number of allylic oxidation sites excluding steroid dienone is 2. The first-order valence-electron chi connectivity index (χ1n) is 2.84. The zero-order chi connectivity index (χ0) is 7.33. The maximum absolute atomic E-state index is 8.32. The highest BCUT2D eigenvalue weighted by atomic mass is 16.7. The standard InChI is InChI=1S/C6H12O3/c1-2-3-4-5-6(7,8)9/h2-3,7-9H,4-5H2,1H3. The maximum Gasteiger partial charge on any atom is 0.275 e. The van der Waals surface area contributed by atoms with E-state index in [1.54, 1.807) is 12.2 Å². The van der Waals surface area contributed by atoms with Gasteiger partial charge in [-0.05, 0) is 13.3 Å². The Morgan fingerprint density at radius 3 is 2.22 bits per heavy atom. The Hall–Kier alpha value is -0.380. The Morgan fingerprint density at radius 2 is 1.89 bits per heavy atom. The van der Waals surface area contributed by atoms with Crippen LogP contribution in [0.1, 0.15) is 19.8 Å². The van der Waals surface area contributed by atoms with Gasteiger partial charge in [-0.1, -0.05) is 12.2 Å². The topological polar surface area (TPSA) is 60.7 Å². The average molecular weight is 132 g/mol. The molecule has 0 saturated heterocycles. The summed E-state index contributed by atoms with van der Waals surface area (Å²) in [6, 6.07) is 0. The molecule has 0 aromatic heterocycles. The zero-order valence-electron chi connectivity index (χ0n) is 5.41. The Bertz CT molecular complexity index is 91.0. The molecule has 0 aliphatic heterocycles. The molecule has 0 saturated carbocycles. The molecule has 0 spiro atoms. The van der Waals surface area contributed by atoms with Crippen molar-refractivity contribution in [2.45, 2.75) is 25.7 Å². The third-order valence-electron chi connectivity index (χ3n) is 0.882. The number of hydrogen-bond donors (Lipinski definition) is 3. The molecule has 0 rings (SSSR count). The van der Waals surface area contributed by atoms with Gasteiger partial charge in [0.2, 0.25) is 0 Å². The fourth-order valence-electron chi connectivity index (χ4n) is 0.444. The second-order valence-electron chi connectivity index (χ2n) is 1.88. The van der Waals surface area contributed by atoms with Crippen LogP contribution in [-0.4, -0.2) is 21.3 Å². The van der Waals surface area contributed by atoms with E-state index in [4.69, 9.17) is 15.3 Å². The van der Waals surface area contributed by atoms with Crippen LogP contribution in [-0.2, 0) is 0 Å². The van der Waals surface area contributed by atoms with Gasteiger partial charge in [0.25, 0.3) is 5.97 Å². The fourth-order valence-corrected chi connectivity index (χ4v) is 0.444. The van der Waals surface area contributed by atoms with E-state index in [1.165, 1.54) is 0 Å². The summed E-state index contributed by atoms with van der Waals surface area (Å²) in [7, 11) is 0. The van der Waals surface area contributed by atoms with E-state index in [0.717, 1.165) is 0 Å². The first kappa shape index (κ1) is 8.62. The van der Waals surface area contributed by atoms with Crippen LogP contribution in [0.25, 0.3) is 0 Å². The molecule has 0 aromatic rings. The van der Waals surface area contributed by atoms with Gasteiger partial charge in [0.1, 0.15) is 0 Å². The van der Waals surface area contributed by atoms with Crippen molar-refractivity contribution < 1.29 is 15.3 Å². The third kappa shape index (κ3) is 7.62. The number of aliphatic hydroxyl groups is 3. The lowest BCUT2D eigenvalue weighted by Crippen LogP contribution is -2.26. The highest BCUT2D eigenvalue weighted by Gasteiger charge is 2.15. The average Bonchev–Trinajstić information content (AvgIpc) is 1.63. The van der Waals surface area contributed by atoms with Crippen molar-refractivity contribution in [2.24, 2.45) is 0 Å². The van der Waals surface area contributed by atoms with E-state index in [9.17, 15) is 0 Å². The predicted molar refractivity (Wildman–Crippen MR) is 33.4 cm³/mol. The summed E-state index contributed by atoms with van der Waals surface area (Å²) in [5.41, 5.74) is 0. The minimum absolute atomic E-state index is 0.0443. The van der Waals surface area contributed by atoms with Crippen LogP contribution >= 0.6 is 0 Å². The minimum Gasteiger partial charge on any atom is -0.344 e. The van der Waals surface area contributed by atoms with Crippen LogP contribution in [0.15, 0.2) is 12.2 Å². The Labute approximate surface area is 54.3 Å². The Kier molecular flexibility index (Phi) is 3.46. The smallest absolute Gasteiger partial charge is 0.275 e. The molecule has 0 fully saturated rings. The van der Waals surface area contributed by atoms with Crippen LogP contribution in [0.5, 0.6) is 0 Å². The van der Waals surface area contributed by atoms with Gasteiger partial charge in [0.05, 0.1) is 0 Å². The van der Waals surface area contributed by atoms with E-state index in [1.807, 2.05) is 6.92 Å². The van der Waals surface area contributed by atoms with Gasteiger partial charge in [0, 0.05) is 6.42 Å². The second-order valence-corrected chi connectivity index (χ2v) is 1.88. The van der Waals surface area contributed by atoms with Gasteiger partial charge in [-0.25, -0.2) is 0 Å². The fraction of sp³-hybridized carbons (Fsp3) is 0.667. The molecule has 3 N–H and O–H groups in total. The molecule has 54 valence electrons. The molecule has 0 aliphatic carbocycles. The molecule has 0 heterocycles. The van der Waals surface area contributed by atoms with Crippen molar-refractivity contribution >= 4 is 0 Å². The van der Waals surface area contributed by atoms with Gasteiger partial charge in [-0.2, -0.15) is 0 Å². The lowest BCUT2D eigenvalue weighted by Gasteiger charge is -2.11. The highest BCUT2D eigenvalue weighted by Crippen LogP contribution is 2.03. The van der Waals surface area contributed by atoms with Crippen molar-refractivity contribution in [1.29, 1.82) is 0 Å². The second kappa shape index (κ2) is 3.61. The molecule has 0 amide bonds. The SMILES string of the molecule is CC=CCCC(O)(O)O. The molecule has 0 aromatic carbocycles. The van der Waals surface area contributed by atoms with Gasteiger partial charge in [-0.15, -0.1) is 0 Å². The number of rotatable bonds is 3. The van der Waals surface area contributed by atoms with Crippen molar-refractivity contribution in [2.75, 3.05) is 0 Å². The lowest BCUT2D eigenvalue weighted by atomic mass is 10.2. The van der Waals surface area contributed by atoms with Gasteiger partial charge in [-0.3, -0.25) is 0 Å². The normalized spacial score (nSPS) is 12.9. The van der Waals surface area contributed by atoms with E-state index in [2.05, 4.69) is 0 Å². The quantitative estimate of drug-likeness (QED) is 0.373. The molecular weight excluding hydrogens is 120 g/mol. The van der Waals surface area contributed by atoms with Crippen molar-refractivity contribution in [3.63, 3.8) is 0 Å². The lowest BCUT2D eigenvalue weighted by molar-refractivity contribution is -0.313. The van der Waals surface area contributed by atoms with Gasteiger partial charge in [0.15, 0.2) is 0 Å². The molecule has 0 aliphatic rings. The predicted octanol–water partition coefficient (Wildman–Crippen LogP) is -0.0266. The molecule has 0 atom stereocenters. The maximum atomic E-state index is 8.32. The largest absolute Gasteiger partial charge is 0.344 e. The Morgan fingerprint density at radius 1 is 1.33 bits per heavy atom. The van der Waals surface area contributed by atoms with Crippen LogP contribution in [0.2, 0.25) is 0 Å². The molecule has 0 bridgehead atoms. The summed E-state index contributed by atoms with van der Waals surface area (Å²) in [4.78, 5) is 0. The molecule has 3 heteroatoms. The van der Waals surface area contributed by atoms with Crippen molar-refractivity contribution in [1.82, 2.24) is 0 Å². The molecule has 0 unspecified atom stereocenters. The zero-order valence-corrected chi connectivity index (χ0v) is 5.41. The first-order chi connectivity index (χ1) is 4.06. The molecule has 3 nitrogen and oxygen atoms in total. The monoisotopic (exact) mass is 132 g/mol. The van der Waals surface area contributed by atoms with Crippen LogP contribution < -0.4 is 0 Å². The highest BCUT2D eigenvalue weighted by molar-refractivity contribution is 4.77. The minimum atomic E-state index is -2.50. The first-order valence-corrected chi connectivity index (χ1v) is 2.84. The molecular formula is C6H12O3. The summed E-state index contributed by atoms with van der Waals surface area (Å²) >= 11 is 0. The summed E-state index contributed by atoms with van der Waals surface area (Å²) in [6.45, 7) is 1.83. The summed E-state index contributed by atoms with van der Waals surface area (Å²) in [5.74, 6) is -2.50. The van der Waals surface area contributed by atoms with Crippen LogP contribution in [0.3, 0.4) is 0 Å². The summed E-state index contributed by atoms with van der Waals surface area (Å²) in [5, 5.41) is 25.0. The van der Waals surface area contributed by atoms with Gasteiger partial charge >= 0.3 is 0 Å². The van der Waals surface area contributed by atoms with Gasteiger partial charge < -0.3 is 15.3 Å². The van der Waals surface area contributed by atoms with Crippen molar-refractivity contribution in [3.8, 4) is 0 Å². The molecule has 0 radical (unpaired) electrons. The number of hydrogen-bond acceptors (Lipinski definition) is 3. The van der Waals surface area contributed by atoms with Crippen molar-refractivity contribution in [3.05, 3.63) is 12.2 Å². The third-order valence-corrected chi connectivity index (χ3v) is 0.882.